The summed E-state index contributed by atoms with van der Waals surface area (Å²) in [5.74, 6) is 0.717. The monoisotopic (exact) mass is 279 g/mol. The summed E-state index contributed by atoms with van der Waals surface area (Å²) in [5, 5.41) is 3.49. The van der Waals surface area contributed by atoms with Crippen LogP contribution in [-0.4, -0.2) is 55.4 Å². The minimum atomic E-state index is 0.399. The van der Waals surface area contributed by atoms with E-state index in [2.05, 4.69) is 35.1 Å². The molecule has 1 N–H and O–H groups in total. The lowest BCUT2D eigenvalue weighted by atomic mass is 10.1. The van der Waals surface area contributed by atoms with Gasteiger partial charge < -0.3 is 14.8 Å². The summed E-state index contributed by atoms with van der Waals surface area (Å²) in [4.78, 5) is 6.71. The van der Waals surface area contributed by atoms with Crippen molar-refractivity contribution in [1.29, 1.82) is 0 Å². The Balaban J connectivity index is 2.00. The van der Waals surface area contributed by atoms with E-state index in [1.807, 2.05) is 6.07 Å². The standard InChI is InChI=1S/C15H25N3O2/c1-12(2)17-9-14-11-20-8-7-18(14)10-13-5-4-6-16-15(13)19-3/h4-6,12,14,17H,7-11H2,1-3H3. The molecule has 0 aromatic carbocycles. The van der Waals surface area contributed by atoms with Gasteiger partial charge in [-0.15, -0.1) is 0 Å². The SMILES string of the molecule is COc1ncccc1CN1CCOCC1CNC(C)C. The van der Waals surface area contributed by atoms with Crippen molar-refractivity contribution < 1.29 is 9.47 Å². The molecule has 0 amide bonds. The number of nitrogens with one attached hydrogen (secondary N) is 1. The predicted octanol–water partition coefficient (Wildman–Crippen LogP) is 1.29. The molecule has 0 saturated carbocycles. The molecule has 1 unspecified atom stereocenters. The van der Waals surface area contributed by atoms with Crippen molar-refractivity contribution in [2.24, 2.45) is 0 Å². The molecule has 1 aliphatic heterocycles. The van der Waals surface area contributed by atoms with E-state index in [-0.39, 0.29) is 0 Å². The number of morpholine rings is 1. The smallest absolute Gasteiger partial charge is 0.217 e. The quantitative estimate of drug-likeness (QED) is 0.850. The van der Waals surface area contributed by atoms with Gasteiger partial charge in [-0.3, -0.25) is 4.90 Å². The summed E-state index contributed by atoms with van der Waals surface area (Å²) in [5.41, 5.74) is 1.13. The van der Waals surface area contributed by atoms with Crippen LogP contribution in [0.1, 0.15) is 19.4 Å². The number of hydrogen-bond acceptors (Lipinski definition) is 5. The molecule has 0 bridgehead atoms. The van der Waals surface area contributed by atoms with Crippen molar-refractivity contribution >= 4 is 0 Å². The molecule has 0 spiro atoms. The Bertz CT molecular complexity index is 412. The molecule has 0 radical (unpaired) electrons. The zero-order valence-corrected chi connectivity index (χ0v) is 12.6. The minimum absolute atomic E-state index is 0.399. The number of aromatic nitrogens is 1. The van der Waals surface area contributed by atoms with Gasteiger partial charge in [0.25, 0.3) is 0 Å². The molecule has 1 fully saturated rings. The highest BCUT2D eigenvalue weighted by Gasteiger charge is 2.24. The normalized spacial score (nSPS) is 20.3. The summed E-state index contributed by atoms with van der Waals surface area (Å²) in [6.45, 7) is 8.65. The Morgan fingerprint density at radius 2 is 2.40 bits per heavy atom. The van der Waals surface area contributed by atoms with Gasteiger partial charge in [0.2, 0.25) is 5.88 Å². The first-order valence-electron chi connectivity index (χ1n) is 7.23. The van der Waals surface area contributed by atoms with Crippen LogP contribution in [0.5, 0.6) is 5.88 Å². The van der Waals surface area contributed by atoms with E-state index in [9.17, 15) is 0 Å². The summed E-state index contributed by atoms with van der Waals surface area (Å²) < 4.78 is 10.9. The van der Waals surface area contributed by atoms with E-state index < -0.39 is 0 Å². The number of nitrogens with zero attached hydrogens (tertiary/aromatic N) is 2. The number of rotatable bonds is 6. The summed E-state index contributed by atoms with van der Waals surface area (Å²) >= 11 is 0. The van der Waals surface area contributed by atoms with Crippen molar-refractivity contribution in [3.05, 3.63) is 23.9 Å². The molecule has 1 saturated heterocycles. The molecule has 1 aromatic heterocycles. The van der Waals surface area contributed by atoms with Gasteiger partial charge in [-0.25, -0.2) is 4.98 Å². The van der Waals surface area contributed by atoms with Crippen molar-refractivity contribution in [2.45, 2.75) is 32.5 Å². The Hall–Kier alpha value is -1.17. The zero-order valence-electron chi connectivity index (χ0n) is 12.6. The first kappa shape index (κ1) is 15.2. The van der Waals surface area contributed by atoms with E-state index in [0.717, 1.165) is 44.3 Å². The third-order valence-electron chi connectivity index (χ3n) is 3.53. The van der Waals surface area contributed by atoms with E-state index in [0.29, 0.717) is 12.1 Å². The molecule has 0 aliphatic carbocycles. The van der Waals surface area contributed by atoms with Crippen LogP contribution in [0.15, 0.2) is 18.3 Å². The Kier molecular flexibility index (Phi) is 5.76. The van der Waals surface area contributed by atoms with Crippen LogP contribution in [0.2, 0.25) is 0 Å². The molecular weight excluding hydrogens is 254 g/mol. The number of ether oxygens (including phenoxy) is 2. The van der Waals surface area contributed by atoms with E-state index >= 15 is 0 Å². The lowest BCUT2D eigenvalue weighted by molar-refractivity contribution is -0.0118. The van der Waals surface area contributed by atoms with Gasteiger partial charge in [0.1, 0.15) is 0 Å². The van der Waals surface area contributed by atoms with E-state index in [4.69, 9.17) is 9.47 Å². The highest BCUT2D eigenvalue weighted by Crippen LogP contribution is 2.18. The van der Waals surface area contributed by atoms with Crippen LogP contribution in [0.25, 0.3) is 0 Å². The predicted molar refractivity (Wildman–Crippen MR) is 78.9 cm³/mol. The van der Waals surface area contributed by atoms with Crippen LogP contribution >= 0.6 is 0 Å². The van der Waals surface area contributed by atoms with E-state index in [1.54, 1.807) is 13.3 Å². The van der Waals surface area contributed by atoms with Crippen LogP contribution in [0, 0.1) is 0 Å². The van der Waals surface area contributed by atoms with Gasteiger partial charge in [0.05, 0.1) is 20.3 Å². The average Bonchev–Trinajstić information content (AvgIpc) is 2.47. The molecule has 112 valence electrons. The number of hydrogen-bond donors (Lipinski definition) is 1. The van der Waals surface area contributed by atoms with Crippen LogP contribution in [-0.2, 0) is 11.3 Å². The maximum absolute atomic E-state index is 5.61. The number of pyridine rings is 1. The van der Waals surface area contributed by atoms with Crippen LogP contribution in [0.4, 0.5) is 0 Å². The molecule has 20 heavy (non-hydrogen) atoms. The fourth-order valence-corrected chi connectivity index (χ4v) is 2.40. The second-order valence-electron chi connectivity index (χ2n) is 5.43. The van der Waals surface area contributed by atoms with Gasteiger partial charge >= 0.3 is 0 Å². The second-order valence-corrected chi connectivity index (χ2v) is 5.43. The number of methoxy groups -OCH3 is 1. The Morgan fingerprint density at radius 1 is 1.55 bits per heavy atom. The third kappa shape index (κ3) is 4.16. The molecule has 2 heterocycles. The third-order valence-corrected chi connectivity index (χ3v) is 3.53. The van der Waals surface area contributed by atoms with Crippen molar-refractivity contribution in [1.82, 2.24) is 15.2 Å². The largest absolute Gasteiger partial charge is 0.481 e. The first-order valence-corrected chi connectivity index (χ1v) is 7.23. The summed E-state index contributed by atoms with van der Waals surface area (Å²) in [7, 11) is 1.67. The Morgan fingerprint density at radius 3 is 3.15 bits per heavy atom. The minimum Gasteiger partial charge on any atom is -0.481 e. The summed E-state index contributed by atoms with van der Waals surface area (Å²) in [6, 6.07) is 4.93. The topological polar surface area (TPSA) is 46.6 Å². The molecular formula is C15H25N3O2. The zero-order chi connectivity index (χ0) is 14.4. The van der Waals surface area contributed by atoms with E-state index in [1.165, 1.54) is 0 Å². The van der Waals surface area contributed by atoms with Crippen molar-refractivity contribution in [3.63, 3.8) is 0 Å². The van der Waals surface area contributed by atoms with Gasteiger partial charge in [-0.2, -0.15) is 0 Å². The molecule has 5 heteroatoms. The second kappa shape index (κ2) is 7.57. The highest BCUT2D eigenvalue weighted by atomic mass is 16.5. The lowest BCUT2D eigenvalue weighted by Gasteiger charge is -2.36. The summed E-state index contributed by atoms with van der Waals surface area (Å²) in [6.07, 6.45) is 1.76. The molecule has 5 nitrogen and oxygen atoms in total. The van der Waals surface area contributed by atoms with Crippen LogP contribution in [0.3, 0.4) is 0 Å². The van der Waals surface area contributed by atoms with Gasteiger partial charge in [-0.1, -0.05) is 19.9 Å². The first-order chi connectivity index (χ1) is 9.70. The van der Waals surface area contributed by atoms with Gasteiger partial charge in [0.15, 0.2) is 0 Å². The van der Waals surface area contributed by atoms with Crippen molar-refractivity contribution in [3.8, 4) is 5.88 Å². The lowest BCUT2D eigenvalue weighted by Crippen LogP contribution is -2.50. The molecule has 1 aromatic rings. The maximum Gasteiger partial charge on any atom is 0.217 e. The fourth-order valence-electron chi connectivity index (χ4n) is 2.40. The van der Waals surface area contributed by atoms with Gasteiger partial charge in [-0.05, 0) is 6.07 Å². The molecule has 1 aliphatic rings. The highest BCUT2D eigenvalue weighted by molar-refractivity contribution is 5.25. The molecule has 2 rings (SSSR count). The van der Waals surface area contributed by atoms with Crippen LogP contribution < -0.4 is 10.1 Å². The maximum atomic E-state index is 5.61. The molecule has 1 atom stereocenters. The Labute approximate surface area is 121 Å². The van der Waals surface area contributed by atoms with Gasteiger partial charge in [0, 0.05) is 43.5 Å². The average molecular weight is 279 g/mol. The van der Waals surface area contributed by atoms with Crippen molar-refractivity contribution in [2.75, 3.05) is 33.4 Å². The fraction of sp³-hybridized carbons (Fsp3) is 0.667.